The number of amides is 1. The van der Waals surface area contributed by atoms with E-state index in [9.17, 15) is 10.1 Å². The third kappa shape index (κ3) is 6.95. The number of ether oxygens (including phenoxy) is 1. The first kappa shape index (κ1) is 31.0. The molecular weight excluding hydrogens is 538 g/mol. The molecule has 222 valence electrons. The number of nitrogens with two attached hydrogens (primary N) is 1. The predicted molar refractivity (Wildman–Crippen MR) is 163 cm³/mol. The van der Waals surface area contributed by atoms with Gasteiger partial charge in [-0.05, 0) is 49.9 Å². The van der Waals surface area contributed by atoms with Crippen LogP contribution in [0.1, 0.15) is 48.9 Å². The first-order valence-electron chi connectivity index (χ1n) is 14.7. The molecule has 0 bridgehead atoms. The summed E-state index contributed by atoms with van der Waals surface area (Å²) in [5, 5.41) is 10.3. The third-order valence-corrected chi connectivity index (χ3v) is 8.76. The molecule has 9 nitrogen and oxygen atoms in total. The monoisotopic (exact) mass is 581 g/mol. The van der Waals surface area contributed by atoms with Gasteiger partial charge in [-0.15, -0.1) is 12.4 Å². The van der Waals surface area contributed by atoms with E-state index in [1.54, 1.807) is 0 Å². The third-order valence-electron chi connectivity index (χ3n) is 8.76. The number of nitriles is 1. The van der Waals surface area contributed by atoms with Gasteiger partial charge < -0.3 is 25.2 Å². The topological polar surface area (TPSA) is 102 Å². The Kier molecular flexibility index (Phi) is 10.5. The van der Waals surface area contributed by atoms with Crippen LogP contribution in [0.15, 0.2) is 30.3 Å². The molecule has 10 heteroatoms. The normalized spacial score (nSPS) is 20.3. The summed E-state index contributed by atoms with van der Waals surface area (Å²) >= 11 is 0. The summed E-state index contributed by atoms with van der Waals surface area (Å²) in [6.45, 7) is 10.6. The number of benzene rings is 1. The fourth-order valence-electron chi connectivity index (χ4n) is 6.10. The maximum Gasteiger partial charge on any atom is 0.239 e. The molecule has 2 N–H and O–H groups in total. The molecule has 1 aromatic heterocycles. The van der Waals surface area contributed by atoms with Crippen molar-refractivity contribution in [3.05, 3.63) is 52.6 Å². The number of likely N-dealkylation sites (N-methyl/N-ethyl adjacent to an activating group) is 1. The molecule has 0 spiro atoms. The molecule has 1 amide bonds. The first-order chi connectivity index (χ1) is 19.4. The molecule has 0 unspecified atom stereocenters. The van der Waals surface area contributed by atoms with Crippen molar-refractivity contribution in [3.63, 3.8) is 0 Å². The number of anilines is 1. The lowest BCUT2D eigenvalue weighted by Crippen LogP contribution is -2.54. The van der Waals surface area contributed by atoms with Crippen molar-refractivity contribution in [1.29, 1.82) is 5.26 Å². The number of aromatic nitrogens is 1. The number of piperazine rings is 1. The van der Waals surface area contributed by atoms with Gasteiger partial charge in [-0.1, -0.05) is 44.2 Å². The van der Waals surface area contributed by atoms with E-state index >= 15 is 0 Å². The second-order valence-corrected chi connectivity index (χ2v) is 11.8. The lowest BCUT2D eigenvalue weighted by Gasteiger charge is -2.39. The van der Waals surface area contributed by atoms with Crippen LogP contribution in [0.3, 0.4) is 0 Å². The van der Waals surface area contributed by atoms with Crippen LogP contribution in [0.25, 0.3) is 0 Å². The van der Waals surface area contributed by atoms with Gasteiger partial charge in [-0.3, -0.25) is 9.69 Å². The second-order valence-electron chi connectivity index (χ2n) is 11.8. The van der Waals surface area contributed by atoms with E-state index in [1.165, 1.54) is 5.56 Å². The zero-order valence-electron chi connectivity index (χ0n) is 24.6. The van der Waals surface area contributed by atoms with Gasteiger partial charge in [0.25, 0.3) is 0 Å². The summed E-state index contributed by atoms with van der Waals surface area (Å²) < 4.78 is 6.35. The van der Waals surface area contributed by atoms with Gasteiger partial charge in [0.1, 0.15) is 24.1 Å². The molecule has 1 aromatic carbocycles. The van der Waals surface area contributed by atoms with Gasteiger partial charge in [0.05, 0.1) is 6.04 Å². The summed E-state index contributed by atoms with van der Waals surface area (Å²) in [4.78, 5) is 26.8. The quantitative estimate of drug-likeness (QED) is 0.508. The van der Waals surface area contributed by atoms with Crippen molar-refractivity contribution < 1.29 is 9.53 Å². The van der Waals surface area contributed by atoms with Gasteiger partial charge in [0.2, 0.25) is 11.8 Å². The molecule has 41 heavy (non-hydrogen) atoms. The molecular formula is C31H44ClN7O2. The minimum atomic E-state index is -0.475. The van der Waals surface area contributed by atoms with Gasteiger partial charge in [0, 0.05) is 57.4 Å². The molecule has 0 radical (unpaired) electrons. The average molecular weight is 582 g/mol. The fourth-order valence-corrected chi connectivity index (χ4v) is 6.10. The Morgan fingerprint density at radius 1 is 1.12 bits per heavy atom. The molecule has 4 heterocycles. The Morgan fingerprint density at radius 2 is 1.85 bits per heavy atom. The number of fused-ring (bicyclic) bond motifs is 1. The first-order valence-corrected chi connectivity index (χ1v) is 14.7. The lowest BCUT2D eigenvalue weighted by molar-refractivity contribution is -0.133. The van der Waals surface area contributed by atoms with Crippen LogP contribution in [0, 0.1) is 17.2 Å². The molecule has 3 aliphatic rings. The number of pyridine rings is 1. The van der Waals surface area contributed by atoms with Gasteiger partial charge >= 0.3 is 0 Å². The van der Waals surface area contributed by atoms with Crippen molar-refractivity contribution in [2.75, 3.05) is 57.8 Å². The van der Waals surface area contributed by atoms with E-state index in [4.69, 9.17) is 15.5 Å². The second kappa shape index (κ2) is 13.8. The van der Waals surface area contributed by atoms with Gasteiger partial charge in [-0.25, -0.2) is 0 Å². The minimum absolute atomic E-state index is 0. The number of likely N-dealkylation sites (tertiary alicyclic amines) is 1. The van der Waals surface area contributed by atoms with Crippen LogP contribution in [0.5, 0.6) is 5.88 Å². The highest BCUT2D eigenvalue weighted by atomic mass is 35.5. The fraction of sp³-hybridized carbons (Fsp3) is 0.581. The zero-order valence-corrected chi connectivity index (χ0v) is 25.4. The van der Waals surface area contributed by atoms with Crippen LogP contribution in [-0.4, -0.2) is 90.6 Å². The number of halogens is 1. The Labute approximate surface area is 250 Å². The van der Waals surface area contributed by atoms with E-state index in [2.05, 4.69) is 52.1 Å². The Hall–Kier alpha value is -2.90. The molecule has 2 saturated heterocycles. The average Bonchev–Trinajstić information content (AvgIpc) is 3.39. The molecule has 2 atom stereocenters. The molecule has 3 aliphatic heterocycles. The van der Waals surface area contributed by atoms with Crippen LogP contribution in [-0.2, 0) is 24.3 Å². The highest BCUT2D eigenvalue weighted by Gasteiger charge is 2.32. The number of carbonyl (C=O) groups is 1. The van der Waals surface area contributed by atoms with Crippen LogP contribution >= 0.6 is 12.4 Å². The SMILES string of the molecule is CC(C)[C@@H](N)C(=O)N1CCN(c2nc(OC[C@@H]3CCCN3C)c(C#N)c3c2CCN(Cc2ccccc2)C3)CC1.Cl. The highest BCUT2D eigenvalue weighted by Crippen LogP contribution is 2.36. The van der Waals surface area contributed by atoms with Gasteiger partial charge in [0.15, 0.2) is 0 Å². The van der Waals surface area contributed by atoms with Crippen molar-refractivity contribution in [2.45, 2.75) is 58.3 Å². The van der Waals surface area contributed by atoms with Crippen LogP contribution in [0.4, 0.5) is 5.82 Å². The summed E-state index contributed by atoms with van der Waals surface area (Å²) in [7, 11) is 2.13. The van der Waals surface area contributed by atoms with Crippen molar-refractivity contribution in [1.82, 2.24) is 19.7 Å². The maximum absolute atomic E-state index is 12.9. The van der Waals surface area contributed by atoms with Crippen LogP contribution < -0.4 is 15.4 Å². The number of rotatable bonds is 8. The van der Waals surface area contributed by atoms with E-state index in [1.807, 2.05) is 24.8 Å². The van der Waals surface area contributed by atoms with E-state index in [0.717, 1.165) is 55.8 Å². The molecule has 2 fully saturated rings. The Bertz CT molecular complexity index is 1230. The molecule has 0 aliphatic carbocycles. The van der Waals surface area contributed by atoms with E-state index < -0.39 is 6.04 Å². The van der Waals surface area contributed by atoms with Crippen molar-refractivity contribution in [3.8, 4) is 11.9 Å². The number of hydrogen-bond acceptors (Lipinski definition) is 8. The maximum atomic E-state index is 12.9. The summed E-state index contributed by atoms with van der Waals surface area (Å²) in [6.07, 6.45) is 3.08. The van der Waals surface area contributed by atoms with Crippen molar-refractivity contribution >= 4 is 24.1 Å². The Balaban J connectivity index is 0.00000387. The number of nitrogens with zero attached hydrogens (tertiary/aromatic N) is 6. The summed E-state index contributed by atoms with van der Waals surface area (Å²) in [5.41, 5.74) is 10.2. The number of hydrogen-bond donors (Lipinski definition) is 1. The lowest BCUT2D eigenvalue weighted by atomic mass is 9.95. The molecule has 2 aromatic rings. The standard InChI is InChI=1S/C31H43N7O2.ClH/c1-22(2)28(33)31(39)38-16-14-37(15-17-38)29-25-11-13-36(19-23-8-5-4-6-9-23)20-27(25)26(18-32)30(34-29)40-21-24-10-7-12-35(24)3;/h4-6,8-9,22,24,28H,7,10-17,19-21,33H2,1-3H3;1H/t24-,28+;/m0./s1. The Morgan fingerprint density at radius 3 is 2.49 bits per heavy atom. The van der Waals surface area contributed by atoms with E-state index in [-0.39, 0.29) is 24.2 Å². The number of carbonyl (C=O) groups excluding carboxylic acids is 1. The summed E-state index contributed by atoms with van der Waals surface area (Å²) in [6, 6.07) is 12.8. The van der Waals surface area contributed by atoms with Crippen molar-refractivity contribution in [2.24, 2.45) is 11.7 Å². The van der Waals surface area contributed by atoms with Gasteiger partial charge in [-0.2, -0.15) is 10.2 Å². The highest BCUT2D eigenvalue weighted by molar-refractivity contribution is 5.85. The predicted octanol–water partition coefficient (Wildman–Crippen LogP) is 3.04. The molecule has 0 saturated carbocycles. The largest absolute Gasteiger partial charge is 0.475 e. The smallest absolute Gasteiger partial charge is 0.239 e. The molecule has 5 rings (SSSR count). The minimum Gasteiger partial charge on any atom is -0.475 e. The van der Waals surface area contributed by atoms with Crippen LogP contribution in [0.2, 0.25) is 0 Å². The zero-order chi connectivity index (χ0) is 28.2. The summed E-state index contributed by atoms with van der Waals surface area (Å²) in [5.74, 6) is 1.47. The van der Waals surface area contributed by atoms with E-state index in [0.29, 0.717) is 56.8 Å².